The number of anilines is 1. The number of hydrogen-bond acceptors (Lipinski definition) is 4. The van der Waals surface area contributed by atoms with Crippen LogP contribution in [-0.2, 0) is 0 Å². The van der Waals surface area contributed by atoms with Gasteiger partial charge in [0.05, 0.1) is 11.4 Å². The first kappa shape index (κ1) is 12.5. The van der Waals surface area contributed by atoms with Crippen molar-refractivity contribution in [1.82, 2.24) is 15.0 Å². The largest absolute Gasteiger partial charge is 0.370 e. The predicted molar refractivity (Wildman–Crippen MR) is 73.5 cm³/mol. The van der Waals surface area contributed by atoms with Crippen molar-refractivity contribution in [3.8, 4) is 11.4 Å². The average Bonchev–Trinajstić information content (AvgIpc) is 2.40. The molecular weight excluding hydrogens is 224 g/mol. The fourth-order valence-electron chi connectivity index (χ4n) is 1.64. The van der Waals surface area contributed by atoms with Gasteiger partial charge in [-0.05, 0) is 19.1 Å². The van der Waals surface area contributed by atoms with E-state index in [4.69, 9.17) is 0 Å². The van der Waals surface area contributed by atoms with Gasteiger partial charge in [-0.1, -0.05) is 19.9 Å². The maximum atomic E-state index is 4.57. The molecule has 0 fully saturated rings. The Balaban J connectivity index is 2.46. The van der Waals surface area contributed by atoms with E-state index in [1.54, 1.807) is 6.20 Å². The lowest BCUT2D eigenvalue weighted by atomic mass is 10.2. The van der Waals surface area contributed by atoms with Crippen molar-refractivity contribution in [2.45, 2.75) is 26.7 Å². The van der Waals surface area contributed by atoms with Crippen LogP contribution in [0, 0.1) is 0 Å². The second-order valence-electron chi connectivity index (χ2n) is 4.40. The zero-order valence-corrected chi connectivity index (χ0v) is 11.0. The van der Waals surface area contributed by atoms with Crippen LogP contribution < -0.4 is 5.32 Å². The van der Waals surface area contributed by atoms with Crippen LogP contribution in [0.2, 0.25) is 0 Å². The quantitative estimate of drug-likeness (QED) is 0.895. The van der Waals surface area contributed by atoms with Crippen LogP contribution in [0.5, 0.6) is 0 Å². The van der Waals surface area contributed by atoms with Crippen LogP contribution in [0.4, 0.5) is 5.82 Å². The number of nitrogens with zero attached hydrogens (tertiary/aromatic N) is 3. The first-order valence-electron chi connectivity index (χ1n) is 6.25. The average molecular weight is 242 g/mol. The fourth-order valence-corrected chi connectivity index (χ4v) is 1.64. The topological polar surface area (TPSA) is 50.7 Å². The Morgan fingerprint density at radius 1 is 1.17 bits per heavy atom. The normalized spacial score (nSPS) is 10.7. The zero-order chi connectivity index (χ0) is 13.0. The number of rotatable bonds is 4. The molecule has 2 rings (SSSR count). The predicted octanol–water partition coefficient (Wildman–Crippen LogP) is 3.09. The summed E-state index contributed by atoms with van der Waals surface area (Å²) in [6.45, 7) is 7.08. The molecule has 0 saturated carbocycles. The van der Waals surface area contributed by atoms with Crippen LogP contribution in [-0.4, -0.2) is 21.5 Å². The Hall–Kier alpha value is -1.97. The second-order valence-corrected chi connectivity index (χ2v) is 4.40. The van der Waals surface area contributed by atoms with Gasteiger partial charge in [-0.25, -0.2) is 9.97 Å². The summed E-state index contributed by atoms with van der Waals surface area (Å²) in [5, 5.41) is 3.23. The van der Waals surface area contributed by atoms with Gasteiger partial charge in [0.15, 0.2) is 0 Å². The molecule has 4 nitrogen and oxygen atoms in total. The monoisotopic (exact) mass is 242 g/mol. The summed E-state index contributed by atoms with van der Waals surface area (Å²) in [6.07, 6.45) is 1.78. The van der Waals surface area contributed by atoms with Gasteiger partial charge >= 0.3 is 0 Å². The highest BCUT2D eigenvalue weighted by atomic mass is 15.0. The molecule has 2 heterocycles. The zero-order valence-electron chi connectivity index (χ0n) is 11.0. The maximum Gasteiger partial charge on any atom is 0.134 e. The Morgan fingerprint density at radius 2 is 2.00 bits per heavy atom. The van der Waals surface area contributed by atoms with Crippen LogP contribution in [0.15, 0.2) is 30.5 Å². The molecule has 18 heavy (non-hydrogen) atoms. The van der Waals surface area contributed by atoms with E-state index in [9.17, 15) is 0 Å². The molecule has 0 aromatic carbocycles. The van der Waals surface area contributed by atoms with E-state index in [0.717, 1.165) is 29.6 Å². The highest BCUT2D eigenvalue weighted by Gasteiger charge is 2.09. The highest BCUT2D eigenvalue weighted by Crippen LogP contribution is 2.20. The van der Waals surface area contributed by atoms with E-state index < -0.39 is 0 Å². The number of nitrogens with one attached hydrogen (secondary N) is 1. The molecule has 4 heteroatoms. The molecule has 0 aliphatic carbocycles. The van der Waals surface area contributed by atoms with Gasteiger partial charge in [0.1, 0.15) is 11.6 Å². The van der Waals surface area contributed by atoms with Crippen molar-refractivity contribution >= 4 is 5.82 Å². The smallest absolute Gasteiger partial charge is 0.134 e. The van der Waals surface area contributed by atoms with Gasteiger partial charge in [0.25, 0.3) is 0 Å². The maximum absolute atomic E-state index is 4.57. The van der Waals surface area contributed by atoms with Crippen molar-refractivity contribution in [2.24, 2.45) is 0 Å². The van der Waals surface area contributed by atoms with Gasteiger partial charge < -0.3 is 5.32 Å². The minimum atomic E-state index is 0.297. The molecule has 0 radical (unpaired) electrons. The highest BCUT2D eigenvalue weighted by molar-refractivity contribution is 5.58. The van der Waals surface area contributed by atoms with Crippen molar-refractivity contribution in [3.63, 3.8) is 0 Å². The summed E-state index contributed by atoms with van der Waals surface area (Å²) in [5.74, 6) is 2.00. The third-order valence-corrected chi connectivity index (χ3v) is 2.55. The Bertz CT molecular complexity index is 508. The van der Waals surface area contributed by atoms with Crippen LogP contribution in [0.25, 0.3) is 11.4 Å². The third kappa shape index (κ3) is 2.83. The Morgan fingerprint density at radius 3 is 2.61 bits per heavy atom. The van der Waals surface area contributed by atoms with Crippen LogP contribution in [0.3, 0.4) is 0 Å². The van der Waals surface area contributed by atoms with E-state index in [-0.39, 0.29) is 0 Å². The van der Waals surface area contributed by atoms with Gasteiger partial charge in [-0.15, -0.1) is 0 Å². The molecule has 0 bridgehead atoms. The van der Waals surface area contributed by atoms with E-state index >= 15 is 0 Å². The number of pyridine rings is 1. The van der Waals surface area contributed by atoms with E-state index in [1.165, 1.54) is 0 Å². The summed E-state index contributed by atoms with van der Waals surface area (Å²) < 4.78 is 0. The summed E-state index contributed by atoms with van der Waals surface area (Å²) in [4.78, 5) is 13.4. The molecular formula is C14H18N4. The van der Waals surface area contributed by atoms with Gasteiger partial charge in [0.2, 0.25) is 0 Å². The van der Waals surface area contributed by atoms with Gasteiger partial charge in [-0.3, -0.25) is 4.98 Å². The van der Waals surface area contributed by atoms with Gasteiger partial charge in [-0.2, -0.15) is 0 Å². The molecule has 2 aromatic rings. The van der Waals surface area contributed by atoms with Crippen LogP contribution >= 0.6 is 0 Å². The molecule has 0 spiro atoms. The van der Waals surface area contributed by atoms with E-state index in [1.807, 2.05) is 24.3 Å². The molecule has 0 amide bonds. The van der Waals surface area contributed by atoms with Crippen molar-refractivity contribution in [1.29, 1.82) is 0 Å². The molecule has 0 atom stereocenters. The fraction of sp³-hybridized carbons (Fsp3) is 0.357. The molecule has 2 aromatic heterocycles. The third-order valence-electron chi connectivity index (χ3n) is 2.55. The summed E-state index contributed by atoms with van der Waals surface area (Å²) >= 11 is 0. The summed E-state index contributed by atoms with van der Waals surface area (Å²) in [7, 11) is 0. The molecule has 94 valence electrons. The Labute approximate surface area is 108 Å². The van der Waals surface area contributed by atoms with Crippen molar-refractivity contribution in [3.05, 3.63) is 36.3 Å². The first-order valence-corrected chi connectivity index (χ1v) is 6.25. The van der Waals surface area contributed by atoms with Gasteiger partial charge in [0, 0.05) is 24.7 Å². The van der Waals surface area contributed by atoms with Crippen molar-refractivity contribution < 1.29 is 0 Å². The molecule has 0 aliphatic rings. The van der Waals surface area contributed by atoms with Crippen molar-refractivity contribution in [2.75, 3.05) is 11.9 Å². The molecule has 1 N–H and O–H groups in total. The van der Waals surface area contributed by atoms with Crippen LogP contribution in [0.1, 0.15) is 32.5 Å². The number of hydrogen-bond donors (Lipinski definition) is 1. The SMILES string of the molecule is CCNc1cc(-c2ccccn2)nc(C(C)C)n1. The molecule has 0 saturated heterocycles. The standard InChI is InChI=1S/C14H18N4/c1-4-15-13-9-12(11-7-5-6-8-16-11)17-14(18-13)10(2)3/h5-10H,4H2,1-3H3,(H,15,17,18). The Kier molecular flexibility index (Phi) is 3.87. The lowest BCUT2D eigenvalue weighted by molar-refractivity contribution is 0.776. The van der Waals surface area contributed by atoms with E-state index in [2.05, 4.69) is 41.0 Å². The van der Waals surface area contributed by atoms with E-state index in [0.29, 0.717) is 5.92 Å². The minimum Gasteiger partial charge on any atom is -0.370 e. The lowest BCUT2D eigenvalue weighted by Gasteiger charge is -2.10. The molecule has 0 aliphatic heterocycles. The summed E-state index contributed by atoms with van der Waals surface area (Å²) in [6, 6.07) is 7.77. The minimum absolute atomic E-state index is 0.297. The first-order chi connectivity index (χ1) is 8.70. The lowest BCUT2D eigenvalue weighted by Crippen LogP contribution is -2.06. The number of aromatic nitrogens is 3. The second kappa shape index (κ2) is 5.58. The molecule has 0 unspecified atom stereocenters. The summed E-state index contributed by atoms with van der Waals surface area (Å²) in [5.41, 5.74) is 1.74.